The van der Waals surface area contributed by atoms with Gasteiger partial charge in [-0.05, 0) is 174 Å². The van der Waals surface area contributed by atoms with Crippen LogP contribution in [0.5, 0.6) is 0 Å². The second-order valence-corrected chi connectivity index (χ2v) is 28.5. The molecule has 16 aromatic carbocycles. The molecule has 8 heteroatoms. The highest BCUT2D eigenvalue weighted by Crippen LogP contribution is 2.48. The molecule has 0 aliphatic carbocycles. The normalized spacial score (nSPS) is 12.2. The lowest BCUT2D eigenvalue weighted by Crippen LogP contribution is -1.93. The minimum Gasteiger partial charge on any atom is -0.456 e. The molecule has 484 valence electrons. The predicted molar refractivity (Wildman–Crippen MR) is 436 cm³/mol. The van der Waals surface area contributed by atoms with Crippen molar-refractivity contribution < 1.29 is 13.3 Å². The molecule has 104 heavy (non-hydrogen) atoms. The van der Waals surface area contributed by atoms with Crippen molar-refractivity contribution in [1.29, 1.82) is 0 Å². The zero-order valence-electron chi connectivity index (χ0n) is 55.8. The topological polar surface area (TPSA) is 59.1 Å². The monoisotopic (exact) mass is 1340 g/mol. The fourth-order valence-electron chi connectivity index (χ4n) is 17.2. The van der Waals surface area contributed by atoms with Crippen molar-refractivity contribution in [2.24, 2.45) is 0 Å². The molecule has 0 spiro atoms. The smallest absolute Gasteiger partial charge is 0.145 e. The van der Waals surface area contributed by atoms with Crippen LogP contribution < -0.4 is 0 Å². The van der Waals surface area contributed by atoms with E-state index in [0.29, 0.717) is 0 Å². The van der Waals surface area contributed by atoms with Gasteiger partial charge in [0.1, 0.15) is 33.5 Å². The first-order valence-corrected chi connectivity index (χ1v) is 36.2. The number of fused-ring (bicyclic) bond motifs is 26. The van der Waals surface area contributed by atoms with Crippen LogP contribution in [-0.4, -0.2) is 18.3 Å². The summed E-state index contributed by atoms with van der Waals surface area (Å²) >= 11 is 1.90. The molecule has 0 radical (unpaired) electrons. The number of hydrogen-bond acceptors (Lipinski definition) is 4. The first-order chi connectivity index (χ1) is 51.6. The summed E-state index contributed by atoms with van der Waals surface area (Å²) in [7, 11) is 0. The van der Waals surface area contributed by atoms with Gasteiger partial charge in [0.05, 0.1) is 49.5 Å². The lowest BCUT2D eigenvalue weighted by Gasteiger charge is -2.10. The molecule has 0 fully saturated rings. The Hall–Kier alpha value is -13.7. The minimum absolute atomic E-state index is 0.900. The molecule has 0 bridgehead atoms. The molecule has 0 aliphatic rings. The summed E-state index contributed by atoms with van der Waals surface area (Å²) < 4.78 is 31.7. The highest BCUT2D eigenvalue weighted by atomic mass is 32.1. The quantitative estimate of drug-likeness (QED) is 0.167. The molecule has 0 aliphatic heterocycles. The van der Waals surface area contributed by atoms with Gasteiger partial charge in [-0.15, -0.1) is 11.3 Å². The maximum absolute atomic E-state index is 6.59. The first-order valence-electron chi connectivity index (χ1n) is 35.4. The Morgan fingerprint density at radius 3 is 1.04 bits per heavy atom. The zero-order valence-corrected chi connectivity index (χ0v) is 56.6. The third-order valence-corrected chi connectivity index (χ3v) is 23.0. The van der Waals surface area contributed by atoms with Gasteiger partial charge in [-0.2, -0.15) is 0 Å². The number of rotatable bonds is 6. The Morgan fingerprint density at radius 1 is 0.192 bits per heavy atom. The number of nitrogens with zero attached hydrogens (tertiary/aromatic N) is 4. The molecule has 0 N–H and O–H groups in total. The number of benzene rings is 16. The van der Waals surface area contributed by atoms with Crippen molar-refractivity contribution in [1.82, 2.24) is 18.3 Å². The summed E-state index contributed by atoms with van der Waals surface area (Å²) in [5.74, 6) is 0. The maximum atomic E-state index is 6.59. The predicted octanol–water partition coefficient (Wildman–Crippen LogP) is 27.2. The van der Waals surface area contributed by atoms with Crippen molar-refractivity contribution in [2.45, 2.75) is 0 Å². The van der Waals surface area contributed by atoms with Crippen LogP contribution in [0.3, 0.4) is 0 Å². The molecule has 0 amide bonds. The van der Waals surface area contributed by atoms with Gasteiger partial charge in [0, 0.05) is 113 Å². The van der Waals surface area contributed by atoms with Gasteiger partial charge < -0.3 is 31.5 Å². The summed E-state index contributed by atoms with van der Waals surface area (Å²) in [6, 6.07) is 122. The number of para-hydroxylation sites is 7. The van der Waals surface area contributed by atoms with Gasteiger partial charge in [0.2, 0.25) is 0 Å². The van der Waals surface area contributed by atoms with Crippen LogP contribution >= 0.6 is 11.3 Å². The molecule has 0 saturated carbocycles. The lowest BCUT2D eigenvalue weighted by molar-refractivity contribution is 0.669. The van der Waals surface area contributed by atoms with Crippen molar-refractivity contribution in [3.63, 3.8) is 0 Å². The Balaban J connectivity index is 0.000000127. The van der Waals surface area contributed by atoms with Gasteiger partial charge in [-0.3, -0.25) is 0 Å². The molecule has 0 unspecified atom stereocenters. The van der Waals surface area contributed by atoms with E-state index in [1.165, 1.54) is 91.1 Å². The summed E-state index contributed by atoms with van der Waals surface area (Å²) in [5, 5.41) is 19.1. The van der Waals surface area contributed by atoms with Gasteiger partial charge in [-0.25, -0.2) is 0 Å². The van der Waals surface area contributed by atoms with Crippen LogP contribution in [0.2, 0.25) is 0 Å². The van der Waals surface area contributed by atoms with E-state index in [4.69, 9.17) is 13.3 Å². The first kappa shape index (κ1) is 57.1. The van der Waals surface area contributed by atoms with Crippen LogP contribution in [0, 0.1) is 0 Å². The van der Waals surface area contributed by atoms with Crippen LogP contribution in [0.25, 0.3) is 218 Å². The second kappa shape index (κ2) is 21.9. The van der Waals surface area contributed by atoms with Crippen LogP contribution in [0.4, 0.5) is 0 Å². The molecule has 8 aromatic heterocycles. The van der Waals surface area contributed by atoms with E-state index in [2.05, 4.69) is 334 Å². The van der Waals surface area contributed by atoms with E-state index in [0.717, 1.165) is 127 Å². The summed E-state index contributed by atoms with van der Waals surface area (Å²) in [5.41, 5.74) is 24.1. The van der Waals surface area contributed by atoms with Crippen LogP contribution in [0.1, 0.15) is 0 Å². The Bertz CT molecular complexity index is 7250. The fourth-order valence-corrected chi connectivity index (χ4v) is 18.4. The van der Waals surface area contributed by atoms with E-state index in [1.54, 1.807) is 0 Å². The third kappa shape index (κ3) is 8.34. The van der Waals surface area contributed by atoms with Gasteiger partial charge in [-0.1, -0.05) is 188 Å². The van der Waals surface area contributed by atoms with E-state index < -0.39 is 0 Å². The van der Waals surface area contributed by atoms with E-state index in [9.17, 15) is 0 Å². The molecular formula is C96H56N4O3S. The molecular weight excluding hydrogens is 1290 g/mol. The van der Waals surface area contributed by atoms with Gasteiger partial charge in [0.25, 0.3) is 0 Å². The number of aromatic nitrogens is 4. The minimum atomic E-state index is 0.900. The number of hydrogen-bond donors (Lipinski definition) is 0. The third-order valence-electron chi connectivity index (χ3n) is 21.8. The average Bonchev–Trinajstić information content (AvgIpc) is 1.58. The van der Waals surface area contributed by atoms with Crippen molar-refractivity contribution in [2.75, 3.05) is 0 Å². The summed E-state index contributed by atoms with van der Waals surface area (Å²) in [4.78, 5) is 0. The number of furan rings is 3. The van der Waals surface area contributed by atoms with Crippen LogP contribution in [-0.2, 0) is 0 Å². The van der Waals surface area contributed by atoms with E-state index in [1.807, 2.05) is 35.6 Å². The highest BCUT2D eigenvalue weighted by molar-refractivity contribution is 7.26. The van der Waals surface area contributed by atoms with E-state index in [-0.39, 0.29) is 0 Å². The molecule has 0 atom stereocenters. The summed E-state index contributed by atoms with van der Waals surface area (Å²) in [6.45, 7) is 0. The standard InChI is InChI=1S/C48H28N2O2.C48H28N2OS/c1-3-11-31(12-4-1)49-40-23-20-29(25-37(40)38-28-46-39(27-43(38)49)34-16-8-9-17-44(34)51-46)30-19-21-36-42(26-30)50(32-13-5-2-6-14-32)41-24-22-35-33-15-7-10-18-45(33)52-48(35)47(36)41;1-3-11-31(12-4-1)49-40-23-20-29(25-37(40)38-28-45-39(27-43(38)49)33-15-7-9-17-44(33)51-45)30-19-21-36-42(26-30)50(32-13-5-2-6-14-32)41-24-22-35-34-16-8-10-18-46(34)52-48(35)47(36)41/h2*1-28H. The van der Waals surface area contributed by atoms with Crippen molar-refractivity contribution in [3.8, 4) is 45.0 Å². The Morgan fingerprint density at radius 2 is 0.538 bits per heavy atom. The van der Waals surface area contributed by atoms with Crippen LogP contribution in [0.15, 0.2) is 353 Å². The van der Waals surface area contributed by atoms with E-state index >= 15 is 0 Å². The van der Waals surface area contributed by atoms with Crippen molar-refractivity contribution >= 4 is 185 Å². The van der Waals surface area contributed by atoms with Crippen molar-refractivity contribution in [3.05, 3.63) is 340 Å². The Kier molecular flexibility index (Phi) is 12.0. The maximum Gasteiger partial charge on any atom is 0.145 e. The largest absolute Gasteiger partial charge is 0.456 e. The van der Waals surface area contributed by atoms with Gasteiger partial charge in [0.15, 0.2) is 0 Å². The second-order valence-electron chi connectivity index (χ2n) is 27.4. The Labute approximate surface area is 596 Å². The highest BCUT2D eigenvalue weighted by Gasteiger charge is 2.24. The molecule has 8 heterocycles. The fraction of sp³-hybridized carbons (Fsp3) is 0. The lowest BCUT2D eigenvalue weighted by atomic mass is 10.0. The number of thiophene rings is 1. The SMILES string of the molecule is c1ccc(-n2c3ccc(-c4ccc5c6c7oc8ccccc8c7ccc6n(-c6ccccc6)c5c4)cc3c3cc4oc5ccccc5c4cc32)cc1.c1ccc(-n2c3ccc(-c4ccc5c6c7sc8ccccc8c7ccc6n(-c6ccccc6)c5c4)cc3c3cc4oc5ccccc5c4cc32)cc1. The average molecular weight is 1350 g/mol. The van der Waals surface area contributed by atoms with Gasteiger partial charge >= 0.3 is 0 Å². The zero-order chi connectivity index (χ0) is 67.8. The molecule has 0 saturated heterocycles. The summed E-state index contributed by atoms with van der Waals surface area (Å²) in [6.07, 6.45) is 0. The molecule has 24 rings (SSSR count). The molecule has 24 aromatic rings. The molecule has 7 nitrogen and oxygen atoms in total.